The van der Waals surface area contributed by atoms with Crippen LogP contribution >= 0.6 is 22.7 Å². The minimum atomic E-state index is 0.691. The quantitative estimate of drug-likeness (QED) is 0.108. The summed E-state index contributed by atoms with van der Waals surface area (Å²) >= 11 is 3.69. The fourth-order valence-corrected chi connectivity index (χ4v) is 18.3. The highest BCUT2D eigenvalue weighted by Crippen LogP contribution is 2.53. The van der Waals surface area contributed by atoms with Gasteiger partial charge in [0.15, 0.2) is 11.6 Å². The van der Waals surface area contributed by atoms with Crippen LogP contribution in [0.3, 0.4) is 0 Å². The first kappa shape index (κ1) is 68.7. The number of fused-ring (bicyclic) bond motifs is 7. The van der Waals surface area contributed by atoms with Crippen molar-refractivity contribution < 1.29 is 0 Å². The van der Waals surface area contributed by atoms with Crippen LogP contribution in [0.1, 0.15) is 0 Å². The monoisotopic (exact) mass is 1490 g/mol. The lowest BCUT2D eigenvalue weighted by atomic mass is 9.94. The summed E-state index contributed by atoms with van der Waals surface area (Å²) in [6.45, 7) is 0. The smallest absolute Gasteiger partial charge is 0.160 e. The lowest BCUT2D eigenvalue weighted by Gasteiger charge is -2.12. The molecule has 0 aliphatic rings. The first-order chi connectivity index (χ1) is 56.5. The van der Waals surface area contributed by atoms with Crippen LogP contribution < -0.4 is 0 Å². The van der Waals surface area contributed by atoms with Crippen LogP contribution in [0.15, 0.2) is 413 Å². The molecule has 0 bridgehead atoms. The first-order valence-corrected chi connectivity index (χ1v) is 39.9. The average molecular weight is 1490 g/mol. The van der Waals surface area contributed by atoms with Crippen molar-refractivity contribution in [2.75, 3.05) is 0 Å². The van der Waals surface area contributed by atoms with Crippen molar-refractivity contribution in [3.8, 4) is 156 Å². The summed E-state index contributed by atoms with van der Waals surface area (Å²) in [6, 6.07) is 145. The van der Waals surface area contributed by atoms with Gasteiger partial charge in [0.1, 0.15) is 0 Å². The predicted octanol–water partition coefficient (Wildman–Crippen LogP) is 29.0. The van der Waals surface area contributed by atoms with Gasteiger partial charge in [0.2, 0.25) is 0 Å². The molecule has 0 saturated carbocycles. The number of aromatic nitrogens is 6. The Morgan fingerprint density at radius 2 is 0.456 bits per heavy atom. The number of hydrogen-bond acceptors (Lipinski definition) is 8. The van der Waals surface area contributed by atoms with E-state index in [1.54, 1.807) is 0 Å². The molecule has 0 aliphatic carbocycles. The summed E-state index contributed by atoms with van der Waals surface area (Å²) in [5.41, 5.74) is 29.0. The van der Waals surface area contributed by atoms with Crippen LogP contribution in [-0.4, -0.2) is 29.9 Å². The third-order valence-corrected chi connectivity index (χ3v) is 23.8. The Balaban J connectivity index is 0.000000149. The highest BCUT2D eigenvalue weighted by molar-refractivity contribution is 7.24. The molecule has 0 radical (unpaired) electrons. The fourth-order valence-electron chi connectivity index (χ4n) is 15.6. The molecular weight excluding hydrogens is 1420 g/mol. The summed E-state index contributed by atoms with van der Waals surface area (Å²) in [4.78, 5) is 33.9. The van der Waals surface area contributed by atoms with E-state index in [9.17, 15) is 0 Å². The molecule has 0 atom stereocenters. The number of thiophene rings is 2. The summed E-state index contributed by atoms with van der Waals surface area (Å²) in [5, 5.41) is 5.61. The Kier molecular flexibility index (Phi) is 18.3. The van der Waals surface area contributed by atoms with E-state index >= 15 is 0 Å². The molecule has 0 unspecified atom stereocenters. The number of pyridine rings is 2. The van der Waals surface area contributed by atoms with Crippen molar-refractivity contribution in [3.05, 3.63) is 413 Å². The van der Waals surface area contributed by atoms with Gasteiger partial charge in [-0.05, 0) is 98.1 Å². The van der Waals surface area contributed by atoms with E-state index in [2.05, 4.69) is 376 Å². The first-order valence-electron chi connectivity index (χ1n) is 38.3. The summed E-state index contributed by atoms with van der Waals surface area (Å²) < 4.78 is 2.43. The molecule has 21 rings (SSSR count). The summed E-state index contributed by atoms with van der Waals surface area (Å²) in [5.74, 6) is 1.39. The van der Waals surface area contributed by atoms with Crippen molar-refractivity contribution in [2.45, 2.75) is 0 Å². The Labute approximate surface area is 668 Å². The number of nitrogens with zero attached hydrogens (tertiary/aromatic N) is 6. The van der Waals surface area contributed by atoms with E-state index < -0.39 is 0 Å². The second kappa shape index (κ2) is 30.4. The van der Waals surface area contributed by atoms with E-state index in [0.717, 1.165) is 117 Å². The van der Waals surface area contributed by atoms with Gasteiger partial charge < -0.3 is 0 Å². The van der Waals surface area contributed by atoms with Crippen molar-refractivity contribution >= 4 is 75.6 Å². The molecule has 0 fully saturated rings. The molecule has 6 nitrogen and oxygen atoms in total. The minimum absolute atomic E-state index is 0.691. The van der Waals surface area contributed by atoms with Crippen molar-refractivity contribution in [1.29, 1.82) is 0 Å². The Hall–Kier alpha value is -14.5. The summed E-state index contributed by atoms with van der Waals surface area (Å²) in [6.07, 6.45) is 0. The molecule has 8 heteroatoms. The van der Waals surface area contributed by atoms with Gasteiger partial charge in [-0.25, -0.2) is 29.9 Å². The number of para-hydroxylation sites is 1. The highest BCUT2D eigenvalue weighted by atomic mass is 32.1. The van der Waals surface area contributed by atoms with Crippen LogP contribution in [0.5, 0.6) is 0 Å². The van der Waals surface area contributed by atoms with E-state index in [0.29, 0.717) is 11.6 Å². The highest BCUT2D eigenvalue weighted by Gasteiger charge is 2.26. The molecule has 0 amide bonds. The van der Waals surface area contributed by atoms with Crippen molar-refractivity contribution in [2.24, 2.45) is 0 Å². The van der Waals surface area contributed by atoms with Crippen LogP contribution in [0, 0.1) is 0 Å². The molecule has 114 heavy (non-hydrogen) atoms. The number of hydrogen-bond donors (Lipinski definition) is 0. The second-order valence-electron chi connectivity index (χ2n) is 28.3. The molecule has 6 heterocycles. The fraction of sp³-hybridized carbons (Fsp3) is 0. The van der Waals surface area contributed by atoms with Crippen LogP contribution in [0.25, 0.3) is 208 Å². The van der Waals surface area contributed by atoms with Gasteiger partial charge in [-0.15, -0.1) is 22.7 Å². The zero-order valence-electron chi connectivity index (χ0n) is 61.8. The van der Waals surface area contributed by atoms with Crippen LogP contribution in [0.4, 0.5) is 0 Å². The Morgan fingerprint density at radius 1 is 0.167 bits per heavy atom. The van der Waals surface area contributed by atoms with Gasteiger partial charge in [0.05, 0.1) is 45.0 Å². The molecule has 0 aliphatic heterocycles. The maximum atomic E-state index is 5.43. The van der Waals surface area contributed by atoms with Gasteiger partial charge in [0.25, 0.3) is 0 Å². The van der Waals surface area contributed by atoms with E-state index in [4.69, 9.17) is 29.9 Å². The molecule has 0 spiro atoms. The van der Waals surface area contributed by atoms with Crippen LogP contribution in [-0.2, 0) is 0 Å². The average Bonchev–Trinajstić information content (AvgIpc) is 1.57. The lowest BCUT2D eigenvalue weighted by Crippen LogP contribution is -1.96. The lowest BCUT2D eigenvalue weighted by molar-refractivity contribution is 1.18. The van der Waals surface area contributed by atoms with Gasteiger partial charge in [-0.3, -0.25) is 0 Å². The van der Waals surface area contributed by atoms with Crippen molar-refractivity contribution in [3.63, 3.8) is 0 Å². The summed E-state index contributed by atoms with van der Waals surface area (Å²) in [7, 11) is 0. The third-order valence-electron chi connectivity index (χ3n) is 21.2. The molecule has 6 aromatic heterocycles. The Morgan fingerprint density at radius 3 is 0.886 bits per heavy atom. The second-order valence-corrected chi connectivity index (χ2v) is 30.3. The largest absolute Gasteiger partial charge is 0.247 e. The minimum Gasteiger partial charge on any atom is -0.247 e. The third kappa shape index (κ3) is 13.4. The van der Waals surface area contributed by atoms with Gasteiger partial charge in [-0.2, -0.15) is 0 Å². The SMILES string of the molecule is c1ccc(-c2ccc(-c3cc(-c4ccc(-c5ccc6nc(-c7ccccc7)c7c(-c8ccccc8)c(-c8ccccc8)sc7c6c5)cc4)nc(-c4ccccc4)n3)cc2)cc1.c1ccc(-c2ccc(-c3nc(-c4ccc5nc(-c6ccccc6)c6c(-c7ccccc7)c(-c7ccccc7)sc6c5c4)nc4ccccc34)cc2)cc1. The number of rotatable bonds is 14. The topological polar surface area (TPSA) is 77.3 Å². The molecule has 15 aromatic carbocycles. The van der Waals surface area contributed by atoms with Gasteiger partial charge in [-0.1, -0.05) is 370 Å². The van der Waals surface area contributed by atoms with Crippen molar-refractivity contribution in [1.82, 2.24) is 29.9 Å². The van der Waals surface area contributed by atoms with Crippen LogP contribution in [0.2, 0.25) is 0 Å². The molecule has 21 aromatic rings. The van der Waals surface area contributed by atoms with E-state index in [1.807, 2.05) is 59.1 Å². The molecular formula is C106H68N6S2. The molecule has 534 valence electrons. The Bertz CT molecular complexity index is 7060. The predicted molar refractivity (Wildman–Crippen MR) is 479 cm³/mol. The van der Waals surface area contributed by atoms with E-state index in [-0.39, 0.29) is 0 Å². The maximum absolute atomic E-state index is 5.43. The standard InChI is InChI=1S/C57H37N3S.C49H31N3S/c1-6-16-38(17-7-1)39-26-30-41(31-27-39)50-37-51(60-57(59-50)46-24-14-5-15-25-46)42-32-28-40(29-33-42)47-34-35-49-48(36-47)56-53(54(58-49)44-20-10-3-11-21-44)52(43-18-8-2-9-19-43)55(61-56)45-22-12-4-13-23-45;1-5-15-32(16-6-1)33-25-27-36(28-26-33)45-39-23-13-14-24-41(39)51-49(52-45)38-29-30-42-40(31-38)48-44(46(50-42)35-19-9-3-10-20-35)43(34-17-7-2-8-18-34)47(53-48)37-21-11-4-12-22-37/h1-37H;1-31H. The van der Waals surface area contributed by atoms with Gasteiger partial charge >= 0.3 is 0 Å². The van der Waals surface area contributed by atoms with Gasteiger partial charge in [0, 0.05) is 96.2 Å². The van der Waals surface area contributed by atoms with E-state index in [1.165, 1.54) is 80.2 Å². The maximum Gasteiger partial charge on any atom is 0.160 e. The number of benzene rings is 15. The normalized spacial score (nSPS) is 11.3. The zero-order chi connectivity index (χ0) is 75.7. The zero-order valence-corrected chi connectivity index (χ0v) is 63.4. The molecule has 0 N–H and O–H groups in total. The molecule has 0 saturated heterocycles.